The predicted octanol–water partition coefficient (Wildman–Crippen LogP) is 4.13. The third-order valence-corrected chi connectivity index (χ3v) is 2.60. The molecule has 2 rings (SSSR count). The van der Waals surface area contributed by atoms with E-state index < -0.39 is 11.6 Å². The second kappa shape index (κ2) is 6.23. The van der Waals surface area contributed by atoms with Crippen LogP contribution in [0.15, 0.2) is 36.4 Å². The summed E-state index contributed by atoms with van der Waals surface area (Å²) >= 11 is 0. The number of nitrogens with two attached hydrogens (primary N) is 1. The fraction of sp³-hybridized carbons (Fsp3) is 0.200. The van der Waals surface area contributed by atoms with Gasteiger partial charge in [0, 0.05) is 0 Å². The van der Waals surface area contributed by atoms with E-state index in [4.69, 9.17) is 15.2 Å². The van der Waals surface area contributed by atoms with Crippen LogP contribution in [0, 0.1) is 11.6 Å². The molecule has 106 valence electrons. The van der Waals surface area contributed by atoms with Gasteiger partial charge in [0.1, 0.15) is 11.5 Å². The summed E-state index contributed by atoms with van der Waals surface area (Å²) < 4.78 is 37.4. The van der Waals surface area contributed by atoms with Crippen molar-refractivity contribution in [3.63, 3.8) is 0 Å². The van der Waals surface area contributed by atoms with E-state index in [1.54, 1.807) is 24.3 Å². The average Bonchev–Trinajstić information content (AvgIpc) is 2.47. The number of anilines is 1. The molecule has 2 aromatic carbocycles. The fourth-order valence-electron chi connectivity index (χ4n) is 1.59. The molecule has 0 aliphatic carbocycles. The molecule has 0 spiro atoms. The van der Waals surface area contributed by atoms with E-state index in [1.165, 1.54) is 6.07 Å². The summed E-state index contributed by atoms with van der Waals surface area (Å²) in [6, 6.07) is 8.81. The molecule has 0 aromatic heterocycles. The number of halogens is 2. The van der Waals surface area contributed by atoms with Crippen molar-refractivity contribution in [2.24, 2.45) is 0 Å². The Morgan fingerprint density at radius 1 is 1.00 bits per heavy atom. The van der Waals surface area contributed by atoms with E-state index in [1.807, 2.05) is 6.92 Å². The summed E-state index contributed by atoms with van der Waals surface area (Å²) in [7, 11) is 0. The monoisotopic (exact) mass is 279 g/mol. The van der Waals surface area contributed by atoms with Gasteiger partial charge < -0.3 is 15.2 Å². The lowest BCUT2D eigenvalue weighted by Crippen LogP contribution is -1.98. The van der Waals surface area contributed by atoms with Gasteiger partial charge in [-0.3, -0.25) is 0 Å². The van der Waals surface area contributed by atoms with Crippen LogP contribution in [0.1, 0.15) is 13.3 Å². The summed E-state index contributed by atoms with van der Waals surface area (Å²) in [5.74, 6) is -1.38. The zero-order valence-electron chi connectivity index (χ0n) is 11.0. The van der Waals surface area contributed by atoms with Crippen LogP contribution in [-0.4, -0.2) is 6.61 Å². The normalized spacial score (nSPS) is 10.3. The number of rotatable bonds is 5. The first-order valence-corrected chi connectivity index (χ1v) is 6.26. The van der Waals surface area contributed by atoms with E-state index in [-0.39, 0.29) is 11.4 Å². The zero-order valence-corrected chi connectivity index (χ0v) is 11.0. The number of benzene rings is 2. The molecule has 3 nitrogen and oxygen atoms in total. The first kappa shape index (κ1) is 14.1. The summed E-state index contributed by atoms with van der Waals surface area (Å²) in [6.07, 6.45) is 0.906. The minimum atomic E-state index is -1.10. The molecule has 0 atom stereocenters. The molecule has 0 amide bonds. The van der Waals surface area contributed by atoms with Crippen molar-refractivity contribution in [3.8, 4) is 17.2 Å². The van der Waals surface area contributed by atoms with E-state index >= 15 is 0 Å². The van der Waals surface area contributed by atoms with Crippen molar-refractivity contribution in [2.75, 3.05) is 12.3 Å². The Labute approximate surface area is 115 Å². The molecule has 2 aromatic rings. The Kier molecular flexibility index (Phi) is 4.40. The van der Waals surface area contributed by atoms with E-state index in [0.29, 0.717) is 18.1 Å². The topological polar surface area (TPSA) is 44.5 Å². The molecule has 0 aliphatic heterocycles. The predicted molar refractivity (Wildman–Crippen MR) is 73.1 cm³/mol. The molecule has 0 heterocycles. The average molecular weight is 279 g/mol. The molecule has 0 aliphatic rings. The SMILES string of the molecule is CCCOc1ccc(Oc2c(N)ccc(F)c2F)cc1. The maximum absolute atomic E-state index is 13.6. The van der Waals surface area contributed by atoms with Crippen molar-refractivity contribution in [1.82, 2.24) is 0 Å². The largest absolute Gasteiger partial charge is 0.494 e. The van der Waals surface area contributed by atoms with Crippen molar-refractivity contribution in [1.29, 1.82) is 0 Å². The zero-order chi connectivity index (χ0) is 14.5. The molecule has 20 heavy (non-hydrogen) atoms. The lowest BCUT2D eigenvalue weighted by Gasteiger charge is -2.10. The third kappa shape index (κ3) is 3.17. The highest BCUT2D eigenvalue weighted by molar-refractivity contribution is 5.55. The molecule has 0 unspecified atom stereocenters. The first-order valence-electron chi connectivity index (χ1n) is 6.26. The van der Waals surface area contributed by atoms with Gasteiger partial charge >= 0.3 is 0 Å². The van der Waals surface area contributed by atoms with Crippen LogP contribution < -0.4 is 15.2 Å². The molecule has 0 saturated heterocycles. The van der Waals surface area contributed by atoms with Gasteiger partial charge in [0.25, 0.3) is 0 Å². The molecule has 0 fully saturated rings. The van der Waals surface area contributed by atoms with Crippen molar-refractivity contribution < 1.29 is 18.3 Å². The molecule has 0 bridgehead atoms. The summed E-state index contributed by atoms with van der Waals surface area (Å²) in [4.78, 5) is 0. The number of ether oxygens (including phenoxy) is 2. The summed E-state index contributed by atoms with van der Waals surface area (Å²) in [5, 5.41) is 0. The summed E-state index contributed by atoms with van der Waals surface area (Å²) in [6.45, 7) is 2.62. The number of hydrogen-bond acceptors (Lipinski definition) is 3. The first-order chi connectivity index (χ1) is 9.61. The van der Waals surface area contributed by atoms with Gasteiger partial charge in [-0.2, -0.15) is 4.39 Å². The fourth-order valence-corrected chi connectivity index (χ4v) is 1.59. The Balaban J connectivity index is 2.16. The number of hydrogen-bond donors (Lipinski definition) is 1. The van der Waals surface area contributed by atoms with Crippen LogP contribution in [0.4, 0.5) is 14.5 Å². The maximum atomic E-state index is 13.6. The van der Waals surface area contributed by atoms with Crippen LogP contribution >= 0.6 is 0 Å². The minimum Gasteiger partial charge on any atom is -0.494 e. The van der Waals surface area contributed by atoms with Crippen molar-refractivity contribution in [2.45, 2.75) is 13.3 Å². The lowest BCUT2D eigenvalue weighted by molar-refractivity contribution is 0.317. The smallest absolute Gasteiger partial charge is 0.203 e. The second-order valence-electron chi connectivity index (χ2n) is 4.20. The van der Waals surface area contributed by atoms with Gasteiger partial charge in [-0.05, 0) is 42.8 Å². The van der Waals surface area contributed by atoms with Gasteiger partial charge in [0.2, 0.25) is 5.82 Å². The van der Waals surface area contributed by atoms with Gasteiger partial charge in [0.05, 0.1) is 12.3 Å². The number of nitrogen functional groups attached to an aromatic ring is 1. The third-order valence-electron chi connectivity index (χ3n) is 2.60. The Bertz CT molecular complexity index is 585. The Morgan fingerprint density at radius 2 is 1.65 bits per heavy atom. The van der Waals surface area contributed by atoms with E-state index in [9.17, 15) is 8.78 Å². The Morgan fingerprint density at radius 3 is 2.30 bits per heavy atom. The van der Waals surface area contributed by atoms with Gasteiger partial charge in [-0.25, -0.2) is 4.39 Å². The summed E-state index contributed by atoms with van der Waals surface area (Å²) in [5.41, 5.74) is 5.61. The van der Waals surface area contributed by atoms with Gasteiger partial charge in [-0.1, -0.05) is 6.92 Å². The van der Waals surface area contributed by atoms with Crippen molar-refractivity contribution in [3.05, 3.63) is 48.0 Å². The molecule has 0 saturated carbocycles. The van der Waals surface area contributed by atoms with Crippen LogP contribution in [0.2, 0.25) is 0 Å². The molecule has 5 heteroatoms. The molecular weight excluding hydrogens is 264 g/mol. The Hall–Kier alpha value is -2.30. The van der Waals surface area contributed by atoms with Crippen LogP contribution in [0.3, 0.4) is 0 Å². The lowest BCUT2D eigenvalue weighted by atomic mass is 10.2. The van der Waals surface area contributed by atoms with Crippen LogP contribution in [0.5, 0.6) is 17.2 Å². The molecular formula is C15H15F2NO2. The van der Waals surface area contributed by atoms with Gasteiger partial charge in [0.15, 0.2) is 11.6 Å². The van der Waals surface area contributed by atoms with E-state index in [2.05, 4.69) is 0 Å². The quantitative estimate of drug-likeness (QED) is 0.837. The van der Waals surface area contributed by atoms with Crippen molar-refractivity contribution >= 4 is 5.69 Å². The second-order valence-corrected chi connectivity index (χ2v) is 4.20. The minimum absolute atomic E-state index is 0.0372. The van der Waals surface area contributed by atoms with E-state index in [0.717, 1.165) is 12.5 Å². The van der Waals surface area contributed by atoms with Crippen LogP contribution in [0.25, 0.3) is 0 Å². The highest BCUT2D eigenvalue weighted by Gasteiger charge is 2.14. The highest BCUT2D eigenvalue weighted by atomic mass is 19.2. The standard InChI is InChI=1S/C15H15F2NO2/c1-2-9-19-10-3-5-11(6-4-10)20-15-13(18)8-7-12(16)14(15)17/h3-8H,2,9,18H2,1H3. The maximum Gasteiger partial charge on any atom is 0.203 e. The molecule has 0 radical (unpaired) electrons. The highest BCUT2D eigenvalue weighted by Crippen LogP contribution is 2.32. The van der Waals surface area contributed by atoms with Gasteiger partial charge in [-0.15, -0.1) is 0 Å². The van der Waals surface area contributed by atoms with Crippen LogP contribution in [-0.2, 0) is 0 Å². The molecule has 2 N–H and O–H groups in total.